The molecule has 0 amide bonds. The van der Waals surface area contributed by atoms with Crippen molar-refractivity contribution < 1.29 is 9.90 Å². The van der Waals surface area contributed by atoms with E-state index in [1.54, 1.807) is 12.4 Å². The zero-order chi connectivity index (χ0) is 8.97. The van der Waals surface area contributed by atoms with Crippen LogP contribution in [0, 0.1) is 0 Å². The highest BCUT2D eigenvalue weighted by atomic mass is 35.5. The molecule has 1 unspecified atom stereocenters. The van der Waals surface area contributed by atoms with Gasteiger partial charge in [-0.3, -0.25) is 4.79 Å². The molecular weight excluding hydrogens is 192 g/mol. The second kappa shape index (κ2) is 5.59. The summed E-state index contributed by atoms with van der Waals surface area (Å²) in [5.74, 6) is -0.749. The largest absolute Gasteiger partial charge is 0.481 e. The van der Waals surface area contributed by atoms with E-state index < -0.39 is 11.9 Å². The zero-order valence-electron chi connectivity index (χ0n) is 7.36. The van der Waals surface area contributed by atoms with Gasteiger partial charge in [0.2, 0.25) is 0 Å². The molecule has 4 nitrogen and oxygen atoms in total. The number of imidazole rings is 1. The summed E-state index contributed by atoms with van der Waals surface area (Å²) >= 11 is 0. The number of halogens is 1. The minimum atomic E-state index is -0.813. The maximum atomic E-state index is 10.7. The van der Waals surface area contributed by atoms with Crippen LogP contribution in [0.3, 0.4) is 0 Å². The molecule has 0 bridgehead atoms. The fourth-order valence-electron chi connectivity index (χ4n) is 1.13. The molecule has 5 heteroatoms. The fraction of sp³-hybridized carbons (Fsp3) is 0.500. The Hall–Kier alpha value is -1.03. The molecule has 13 heavy (non-hydrogen) atoms. The van der Waals surface area contributed by atoms with Gasteiger partial charge in [-0.25, -0.2) is 4.98 Å². The van der Waals surface area contributed by atoms with E-state index in [9.17, 15) is 4.79 Å². The average Bonchev–Trinajstić information content (AvgIpc) is 2.51. The van der Waals surface area contributed by atoms with Crippen LogP contribution >= 0.6 is 12.4 Å². The van der Waals surface area contributed by atoms with E-state index in [2.05, 4.69) is 9.97 Å². The van der Waals surface area contributed by atoms with Crippen molar-refractivity contribution in [2.24, 2.45) is 0 Å². The SMILES string of the molecule is CCCC(C(=O)O)c1ncc[nH]1.Cl. The van der Waals surface area contributed by atoms with E-state index in [1.165, 1.54) is 0 Å². The van der Waals surface area contributed by atoms with Gasteiger partial charge >= 0.3 is 5.97 Å². The van der Waals surface area contributed by atoms with E-state index in [0.29, 0.717) is 12.2 Å². The fourth-order valence-corrected chi connectivity index (χ4v) is 1.13. The summed E-state index contributed by atoms with van der Waals surface area (Å²) in [6.07, 6.45) is 4.68. The predicted molar refractivity (Wildman–Crippen MR) is 51.1 cm³/mol. The normalized spacial score (nSPS) is 11.8. The molecule has 1 atom stereocenters. The molecule has 74 valence electrons. The number of nitrogens with zero attached hydrogens (tertiary/aromatic N) is 1. The number of aromatic amines is 1. The van der Waals surface area contributed by atoms with Crippen LogP contribution in [-0.2, 0) is 4.79 Å². The van der Waals surface area contributed by atoms with E-state index in [-0.39, 0.29) is 12.4 Å². The number of hydrogen-bond acceptors (Lipinski definition) is 2. The molecule has 0 saturated carbocycles. The number of H-pyrrole nitrogens is 1. The monoisotopic (exact) mass is 204 g/mol. The third-order valence-corrected chi connectivity index (χ3v) is 1.72. The van der Waals surface area contributed by atoms with Crippen molar-refractivity contribution in [3.05, 3.63) is 18.2 Å². The van der Waals surface area contributed by atoms with Gasteiger partial charge in [0.05, 0.1) is 0 Å². The van der Waals surface area contributed by atoms with Crippen LogP contribution in [0.5, 0.6) is 0 Å². The molecule has 1 aromatic rings. The quantitative estimate of drug-likeness (QED) is 0.786. The topological polar surface area (TPSA) is 66.0 Å². The molecule has 0 spiro atoms. The number of nitrogens with one attached hydrogen (secondary N) is 1. The molecule has 0 aliphatic heterocycles. The third kappa shape index (κ3) is 3.06. The standard InChI is InChI=1S/C8H12N2O2.ClH/c1-2-3-6(8(11)12)7-9-4-5-10-7;/h4-6H,2-3H2,1H3,(H,9,10)(H,11,12);1H. The van der Waals surface area contributed by atoms with Gasteiger partial charge in [-0.2, -0.15) is 0 Å². The predicted octanol–water partition coefficient (Wildman–Crippen LogP) is 1.80. The minimum Gasteiger partial charge on any atom is -0.481 e. The van der Waals surface area contributed by atoms with Crippen molar-refractivity contribution >= 4 is 18.4 Å². The number of aliphatic carboxylic acids is 1. The molecule has 0 fully saturated rings. The molecule has 0 aliphatic carbocycles. The van der Waals surface area contributed by atoms with Crippen LogP contribution in [0.15, 0.2) is 12.4 Å². The van der Waals surface area contributed by atoms with Gasteiger partial charge in [-0.05, 0) is 6.42 Å². The van der Waals surface area contributed by atoms with Gasteiger partial charge in [0.1, 0.15) is 11.7 Å². The van der Waals surface area contributed by atoms with Crippen LogP contribution < -0.4 is 0 Å². The van der Waals surface area contributed by atoms with Crippen LogP contribution in [0.4, 0.5) is 0 Å². The van der Waals surface area contributed by atoms with Gasteiger partial charge < -0.3 is 10.1 Å². The Balaban J connectivity index is 0.00000144. The summed E-state index contributed by atoms with van der Waals surface area (Å²) in [4.78, 5) is 17.5. The Kier molecular flexibility index (Phi) is 5.14. The van der Waals surface area contributed by atoms with Crippen molar-refractivity contribution in [2.45, 2.75) is 25.7 Å². The van der Waals surface area contributed by atoms with Crippen molar-refractivity contribution in [3.8, 4) is 0 Å². The van der Waals surface area contributed by atoms with Crippen molar-refractivity contribution in [1.82, 2.24) is 9.97 Å². The molecule has 2 N–H and O–H groups in total. The Bertz CT molecular complexity index is 249. The summed E-state index contributed by atoms with van der Waals surface area (Å²) in [6.45, 7) is 1.96. The first-order chi connectivity index (χ1) is 5.75. The van der Waals surface area contributed by atoms with Gasteiger partial charge in [-0.1, -0.05) is 13.3 Å². The summed E-state index contributed by atoms with van der Waals surface area (Å²) in [6, 6.07) is 0. The number of carboxylic acids is 1. The number of rotatable bonds is 4. The van der Waals surface area contributed by atoms with E-state index in [4.69, 9.17) is 5.11 Å². The minimum absolute atomic E-state index is 0. The van der Waals surface area contributed by atoms with Gasteiger partial charge in [0.25, 0.3) is 0 Å². The highest BCUT2D eigenvalue weighted by Gasteiger charge is 2.20. The summed E-state index contributed by atoms with van der Waals surface area (Å²) in [5, 5.41) is 8.82. The Morgan fingerprint density at radius 2 is 2.46 bits per heavy atom. The van der Waals surface area contributed by atoms with Gasteiger partial charge in [0.15, 0.2) is 0 Å². The second-order valence-electron chi connectivity index (χ2n) is 2.65. The molecule has 0 aliphatic rings. The molecule has 0 saturated heterocycles. The number of carboxylic acid groups (broad SMARTS) is 1. The van der Waals surface area contributed by atoms with Gasteiger partial charge in [0, 0.05) is 12.4 Å². The maximum absolute atomic E-state index is 10.7. The Morgan fingerprint density at radius 3 is 2.85 bits per heavy atom. The smallest absolute Gasteiger partial charge is 0.314 e. The highest BCUT2D eigenvalue weighted by Crippen LogP contribution is 2.17. The molecule has 1 aromatic heterocycles. The van der Waals surface area contributed by atoms with Gasteiger partial charge in [-0.15, -0.1) is 12.4 Å². The first-order valence-corrected chi connectivity index (χ1v) is 3.97. The number of aromatic nitrogens is 2. The van der Waals surface area contributed by atoms with E-state index in [0.717, 1.165) is 6.42 Å². The molecule has 0 radical (unpaired) electrons. The van der Waals surface area contributed by atoms with E-state index >= 15 is 0 Å². The lowest BCUT2D eigenvalue weighted by Gasteiger charge is -2.06. The first-order valence-electron chi connectivity index (χ1n) is 3.97. The summed E-state index contributed by atoms with van der Waals surface area (Å²) in [5.41, 5.74) is 0. The lowest BCUT2D eigenvalue weighted by molar-refractivity contribution is -0.139. The van der Waals surface area contributed by atoms with Crippen molar-refractivity contribution in [2.75, 3.05) is 0 Å². The summed E-state index contributed by atoms with van der Waals surface area (Å²) < 4.78 is 0. The van der Waals surface area contributed by atoms with Crippen molar-refractivity contribution in [3.63, 3.8) is 0 Å². The van der Waals surface area contributed by atoms with Crippen molar-refractivity contribution in [1.29, 1.82) is 0 Å². The van der Waals surface area contributed by atoms with Crippen LogP contribution in [0.25, 0.3) is 0 Å². The molecular formula is C8H13ClN2O2. The first kappa shape index (κ1) is 12.0. The zero-order valence-corrected chi connectivity index (χ0v) is 8.17. The van der Waals surface area contributed by atoms with Crippen LogP contribution in [0.1, 0.15) is 31.5 Å². The third-order valence-electron chi connectivity index (χ3n) is 1.72. The lowest BCUT2D eigenvalue weighted by atomic mass is 10.0. The molecule has 0 aromatic carbocycles. The second-order valence-corrected chi connectivity index (χ2v) is 2.65. The average molecular weight is 205 g/mol. The van der Waals surface area contributed by atoms with Crippen LogP contribution in [-0.4, -0.2) is 21.0 Å². The molecule has 1 rings (SSSR count). The number of carbonyl (C=O) groups is 1. The Morgan fingerprint density at radius 1 is 1.77 bits per heavy atom. The van der Waals surface area contributed by atoms with E-state index in [1.807, 2.05) is 6.92 Å². The summed E-state index contributed by atoms with van der Waals surface area (Å²) in [7, 11) is 0. The molecule has 1 heterocycles. The Labute approximate surface area is 82.8 Å². The lowest BCUT2D eigenvalue weighted by Crippen LogP contribution is -2.12. The van der Waals surface area contributed by atoms with Crippen LogP contribution in [0.2, 0.25) is 0 Å². The maximum Gasteiger partial charge on any atom is 0.314 e. The number of hydrogen-bond donors (Lipinski definition) is 2. The highest BCUT2D eigenvalue weighted by molar-refractivity contribution is 5.85.